The van der Waals surface area contributed by atoms with Gasteiger partial charge in [-0.25, -0.2) is 9.97 Å². The van der Waals surface area contributed by atoms with Crippen LogP contribution in [0.3, 0.4) is 0 Å². The molecule has 1 aliphatic heterocycles. The van der Waals surface area contributed by atoms with Crippen LogP contribution in [0.4, 0.5) is 11.5 Å². The van der Waals surface area contributed by atoms with Crippen LogP contribution in [0.1, 0.15) is 17.4 Å². The first kappa shape index (κ1) is 17.7. The first-order chi connectivity index (χ1) is 12.7. The maximum absolute atomic E-state index is 12.3. The standard InChI is InChI=1S/C18H21N5O3/c1-2-26-15-5-3-14(4-6-15)21-18(25)16-11-20-17(12-19-16)23-9-7-22(13-24)8-10-23/h3-6,11-13H,2,7-10H2,1H3,(H,21,25). The zero-order chi connectivity index (χ0) is 18.4. The number of ether oxygens (including phenoxy) is 1. The minimum Gasteiger partial charge on any atom is -0.494 e. The summed E-state index contributed by atoms with van der Waals surface area (Å²) in [5, 5.41) is 2.78. The molecule has 1 fully saturated rings. The van der Waals surface area contributed by atoms with Crippen LogP contribution in [0.2, 0.25) is 0 Å². The van der Waals surface area contributed by atoms with Crippen LogP contribution in [0.25, 0.3) is 0 Å². The lowest BCUT2D eigenvalue weighted by Gasteiger charge is -2.33. The Morgan fingerprint density at radius 1 is 1.15 bits per heavy atom. The summed E-state index contributed by atoms with van der Waals surface area (Å²) < 4.78 is 5.37. The van der Waals surface area contributed by atoms with Gasteiger partial charge in [-0.15, -0.1) is 0 Å². The van der Waals surface area contributed by atoms with Gasteiger partial charge in [0, 0.05) is 31.9 Å². The van der Waals surface area contributed by atoms with E-state index >= 15 is 0 Å². The lowest BCUT2D eigenvalue weighted by atomic mass is 10.3. The number of benzene rings is 1. The molecule has 0 unspecified atom stereocenters. The number of rotatable bonds is 6. The van der Waals surface area contributed by atoms with Gasteiger partial charge >= 0.3 is 0 Å². The average Bonchev–Trinajstić information content (AvgIpc) is 2.70. The number of nitrogens with one attached hydrogen (secondary N) is 1. The van der Waals surface area contributed by atoms with E-state index < -0.39 is 0 Å². The normalized spacial score (nSPS) is 14.0. The van der Waals surface area contributed by atoms with Crippen molar-refractivity contribution in [2.24, 2.45) is 0 Å². The quantitative estimate of drug-likeness (QED) is 0.788. The van der Waals surface area contributed by atoms with Crippen molar-refractivity contribution in [1.29, 1.82) is 0 Å². The number of piperazine rings is 1. The second-order valence-corrected chi connectivity index (χ2v) is 5.80. The Morgan fingerprint density at radius 2 is 1.88 bits per heavy atom. The summed E-state index contributed by atoms with van der Waals surface area (Å²) in [5.41, 5.74) is 0.906. The van der Waals surface area contributed by atoms with E-state index in [-0.39, 0.29) is 11.6 Å². The lowest BCUT2D eigenvalue weighted by Crippen LogP contribution is -2.46. The van der Waals surface area contributed by atoms with Crippen molar-refractivity contribution in [2.45, 2.75) is 6.92 Å². The Balaban J connectivity index is 1.59. The molecule has 0 spiro atoms. The highest BCUT2D eigenvalue weighted by Crippen LogP contribution is 2.17. The molecule has 1 aromatic carbocycles. The molecule has 8 heteroatoms. The van der Waals surface area contributed by atoms with Gasteiger partial charge in [0.15, 0.2) is 0 Å². The third-order valence-corrected chi connectivity index (χ3v) is 4.08. The molecular formula is C18H21N5O3. The summed E-state index contributed by atoms with van der Waals surface area (Å²) in [6.45, 7) is 5.23. The third kappa shape index (κ3) is 4.27. The van der Waals surface area contributed by atoms with Crippen molar-refractivity contribution in [3.63, 3.8) is 0 Å². The number of nitrogens with zero attached hydrogens (tertiary/aromatic N) is 4. The van der Waals surface area contributed by atoms with Crippen molar-refractivity contribution < 1.29 is 14.3 Å². The Morgan fingerprint density at radius 3 is 2.46 bits per heavy atom. The van der Waals surface area contributed by atoms with Crippen LogP contribution in [0.5, 0.6) is 5.75 Å². The molecule has 3 rings (SSSR count). The molecule has 136 valence electrons. The van der Waals surface area contributed by atoms with E-state index in [1.807, 2.05) is 11.8 Å². The van der Waals surface area contributed by atoms with Gasteiger partial charge in [0.2, 0.25) is 6.41 Å². The Bertz CT molecular complexity index is 740. The lowest BCUT2D eigenvalue weighted by molar-refractivity contribution is -0.118. The Labute approximate surface area is 151 Å². The largest absolute Gasteiger partial charge is 0.494 e. The third-order valence-electron chi connectivity index (χ3n) is 4.08. The second kappa shape index (κ2) is 8.28. The van der Waals surface area contributed by atoms with Gasteiger partial charge in [-0.2, -0.15) is 0 Å². The molecule has 0 bridgehead atoms. The highest BCUT2D eigenvalue weighted by atomic mass is 16.5. The van der Waals surface area contributed by atoms with Crippen molar-refractivity contribution in [1.82, 2.24) is 14.9 Å². The summed E-state index contributed by atoms with van der Waals surface area (Å²) in [5.74, 6) is 1.14. The molecule has 8 nitrogen and oxygen atoms in total. The van der Waals surface area contributed by atoms with Crippen LogP contribution >= 0.6 is 0 Å². The number of amides is 2. The maximum atomic E-state index is 12.3. The molecule has 2 heterocycles. The first-order valence-electron chi connectivity index (χ1n) is 8.50. The number of aromatic nitrogens is 2. The molecular weight excluding hydrogens is 334 g/mol. The predicted molar refractivity (Wildman–Crippen MR) is 97.4 cm³/mol. The van der Waals surface area contributed by atoms with Crippen molar-refractivity contribution in [3.05, 3.63) is 42.4 Å². The zero-order valence-corrected chi connectivity index (χ0v) is 14.6. The molecule has 2 aromatic rings. The van der Waals surface area contributed by atoms with Gasteiger partial charge < -0.3 is 19.9 Å². The number of hydrogen-bond acceptors (Lipinski definition) is 6. The highest BCUT2D eigenvalue weighted by molar-refractivity contribution is 6.02. The topological polar surface area (TPSA) is 87.7 Å². The van der Waals surface area contributed by atoms with Gasteiger partial charge in [0.05, 0.1) is 19.0 Å². The van der Waals surface area contributed by atoms with E-state index in [1.165, 1.54) is 6.20 Å². The van der Waals surface area contributed by atoms with E-state index in [9.17, 15) is 9.59 Å². The van der Waals surface area contributed by atoms with E-state index in [1.54, 1.807) is 35.4 Å². The molecule has 1 aliphatic rings. The van der Waals surface area contributed by atoms with Crippen molar-refractivity contribution in [3.8, 4) is 5.75 Å². The van der Waals surface area contributed by atoms with Crippen molar-refractivity contribution >= 4 is 23.8 Å². The number of carbonyl (C=O) groups excluding carboxylic acids is 2. The number of carbonyl (C=O) groups is 2. The molecule has 0 aliphatic carbocycles. The summed E-state index contributed by atoms with van der Waals surface area (Å²) >= 11 is 0. The van der Waals surface area contributed by atoms with Gasteiger partial charge in [-0.1, -0.05) is 0 Å². The average molecular weight is 355 g/mol. The Hall–Kier alpha value is -3.16. The summed E-state index contributed by atoms with van der Waals surface area (Å²) in [4.78, 5) is 35.4. The summed E-state index contributed by atoms with van der Waals surface area (Å²) in [6.07, 6.45) is 3.91. The molecule has 2 amide bonds. The smallest absolute Gasteiger partial charge is 0.275 e. The SMILES string of the molecule is CCOc1ccc(NC(=O)c2cnc(N3CCN(C=O)CC3)cn2)cc1. The molecule has 0 atom stereocenters. The van der Waals surface area contributed by atoms with Crippen LogP contribution in [0.15, 0.2) is 36.7 Å². The first-order valence-corrected chi connectivity index (χ1v) is 8.50. The van der Waals surface area contributed by atoms with E-state index in [0.29, 0.717) is 44.3 Å². The number of anilines is 2. The molecule has 0 radical (unpaired) electrons. The van der Waals surface area contributed by atoms with Gasteiger partial charge in [-0.05, 0) is 31.2 Å². The molecule has 1 N–H and O–H groups in total. The van der Waals surface area contributed by atoms with E-state index in [0.717, 1.165) is 12.2 Å². The highest BCUT2D eigenvalue weighted by Gasteiger charge is 2.17. The van der Waals surface area contributed by atoms with Gasteiger partial charge in [0.25, 0.3) is 5.91 Å². The fraction of sp³-hybridized carbons (Fsp3) is 0.333. The minimum atomic E-state index is -0.320. The maximum Gasteiger partial charge on any atom is 0.275 e. The fourth-order valence-corrected chi connectivity index (χ4v) is 2.65. The van der Waals surface area contributed by atoms with Crippen LogP contribution < -0.4 is 15.0 Å². The molecule has 0 saturated carbocycles. The summed E-state index contributed by atoms with van der Waals surface area (Å²) in [6, 6.07) is 7.15. The molecule has 1 aromatic heterocycles. The molecule has 26 heavy (non-hydrogen) atoms. The van der Waals surface area contributed by atoms with E-state index in [2.05, 4.69) is 15.3 Å². The monoisotopic (exact) mass is 355 g/mol. The van der Waals surface area contributed by atoms with Crippen LogP contribution in [0, 0.1) is 0 Å². The van der Waals surface area contributed by atoms with Crippen LogP contribution in [-0.2, 0) is 4.79 Å². The van der Waals surface area contributed by atoms with Gasteiger partial charge in [-0.3, -0.25) is 9.59 Å². The zero-order valence-electron chi connectivity index (χ0n) is 14.6. The minimum absolute atomic E-state index is 0.245. The van der Waals surface area contributed by atoms with Crippen molar-refractivity contribution in [2.75, 3.05) is 43.0 Å². The second-order valence-electron chi connectivity index (χ2n) is 5.80. The summed E-state index contributed by atoms with van der Waals surface area (Å²) in [7, 11) is 0. The van der Waals surface area contributed by atoms with Crippen LogP contribution in [-0.4, -0.2) is 60.0 Å². The predicted octanol–water partition coefficient (Wildman–Crippen LogP) is 1.41. The van der Waals surface area contributed by atoms with Gasteiger partial charge in [0.1, 0.15) is 17.3 Å². The Kier molecular flexibility index (Phi) is 5.62. The fourth-order valence-electron chi connectivity index (χ4n) is 2.65. The van der Waals surface area contributed by atoms with E-state index in [4.69, 9.17) is 4.74 Å². The molecule has 1 saturated heterocycles. The number of hydrogen-bond donors (Lipinski definition) is 1.